The van der Waals surface area contributed by atoms with Crippen molar-refractivity contribution in [3.63, 3.8) is 0 Å². The lowest BCUT2D eigenvalue weighted by molar-refractivity contribution is -0.129. The minimum Gasteiger partial charge on any atom is -0.377 e. The molecule has 2 amide bonds. The predicted octanol–water partition coefficient (Wildman–Crippen LogP) is 0.968. The fraction of sp³-hybridized carbons (Fsp3) is 0.389. The fourth-order valence-electron chi connectivity index (χ4n) is 3.05. The molecule has 1 aliphatic heterocycles. The van der Waals surface area contributed by atoms with E-state index in [1.165, 1.54) is 7.11 Å². The van der Waals surface area contributed by atoms with E-state index in [9.17, 15) is 9.59 Å². The molecule has 0 unspecified atom stereocenters. The van der Waals surface area contributed by atoms with Crippen LogP contribution in [-0.4, -0.2) is 60.7 Å². The molecule has 2 aromatic rings. The number of rotatable bonds is 4. The molecule has 3 rings (SSSR count). The van der Waals surface area contributed by atoms with Gasteiger partial charge in [-0.1, -0.05) is 24.3 Å². The Balaban J connectivity index is 1.87. The molecule has 1 aromatic carbocycles. The van der Waals surface area contributed by atoms with Gasteiger partial charge in [0.2, 0.25) is 5.91 Å². The Bertz CT molecular complexity index is 795. The number of methoxy groups -OCH3 is 1. The van der Waals surface area contributed by atoms with Crippen LogP contribution >= 0.6 is 0 Å². The molecule has 7 nitrogen and oxygen atoms in total. The van der Waals surface area contributed by atoms with E-state index < -0.39 is 11.5 Å². The molecule has 0 radical (unpaired) electrons. The smallest absolute Gasteiger partial charge is 0.272 e. The number of pyridine rings is 1. The van der Waals surface area contributed by atoms with Crippen LogP contribution in [0.5, 0.6) is 0 Å². The zero-order valence-electron chi connectivity index (χ0n) is 14.1. The number of hydrogen-bond acceptors (Lipinski definition) is 5. The van der Waals surface area contributed by atoms with Crippen LogP contribution in [0.1, 0.15) is 16.9 Å². The maximum atomic E-state index is 12.9. The van der Waals surface area contributed by atoms with Crippen molar-refractivity contribution in [2.45, 2.75) is 12.0 Å². The van der Waals surface area contributed by atoms with Crippen LogP contribution in [-0.2, 0) is 14.3 Å². The lowest BCUT2D eigenvalue weighted by Crippen LogP contribution is -2.50. The van der Waals surface area contributed by atoms with Gasteiger partial charge < -0.3 is 20.1 Å². The van der Waals surface area contributed by atoms with Crippen molar-refractivity contribution in [2.24, 2.45) is 5.73 Å². The van der Waals surface area contributed by atoms with Crippen molar-refractivity contribution in [2.75, 3.05) is 33.4 Å². The number of carbonyl (C=O) groups excluding carboxylic acids is 2. The van der Waals surface area contributed by atoms with Crippen LogP contribution in [0.15, 0.2) is 36.4 Å². The summed E-state index contributed by atoms with van der Waals surface area (Å²) in [5, 5.41) is 0.971. The first-order valence-electron chi connectivity index (χ1n) is 8.09. The molecule has 0 spiro atoms. The molecule has 2 N–H and O–H groups in total. The Morgan fingerprint density at radius 3 is 2.88 bits per heavy atom. The highest BCUT2D eigenvalue weighted by molar-refractivity contribution is 5.95. The molecular formula is C18H21N3O4. The largest absolute Gasteiger partial charge is 0.377 e. The van der Waals surface area contributed by atoms with Crippen LogP contribution in [0.25, 0.3) is 10.9 Å². The van der Waals surface area contributed by atoms with E-state index in [4.69, 9.17) is 15.2 Å². The number of nitrogens with zero attached hydrogens (tertiary/aromatic N) is 2. The predicted molar refractivity (Wildman–Crippen MR) is 92.0 cm³/mol. The number of hydrogen-bond donors (Lipinski definition) is 1. The number of para-hydroxylation sites is 1. The highest BCUT2D eigenvalue weighted by Crippen LogP contribution is 2.22. The number of nitrogens with two attached hydrogens (primary N) is 1. The van der Waals surface area contributed by atoms with Gasteiger partial charge in [0.15, 0.2) is 0 Å². The Morgan fingerprint density at radius 1 is 1.32 bits per heavy atom. The zero-order valence-corrected chi connectivity index (χ0v) is 14.1. The first-order chi connectivity index (χ1) is 12.0. The summed E-state index contributed by atoms with van der Waals surface area (Å²) in [6.07, 6.45) is -0.0154. The topological polar surface area (TPSA) is 94.7 Å². The van der Waals surface area contributed by atoms with Crippen molar-refractivity contribution in [1.82, 2.24) is 9.88 Å². The molecule has 1 atom stereocenters. The molecule has 0 aliphatic carbocycles. The second kappa shape index (κ2) is 7.16. The van der Waals surface area contributed by atoms with E-state index in [0.29, 0.717) is 18.8 Å². The minimum absolute atomic E-state index is 0.0154. The highest BCUT2D eigenvalue weighted by Gasteiger charge is 2.38. The van der Waals surface area contributed by atoms with Crippen molar-refractivity contribution >= 4 is 22.7 Å². The normalized spacial score (nSPS) is 21.1. The molecule has 1 aromatic heterocycles. The van der Waals surface area contributed by atoms with Crippen molar-refractivity contribution in [3.8, 4) is 0 Å². The SMILES string of the molecule is CO[C@]1(CC(N)=O)COCCN(C(=O)c2ccc3ccccc3n2)C1. The molecule has 0 saturated carbocycles. The van der Waals surface area contributed by atoms with Gasteiger partial charge in [0, 0.05) is 19.0 Å². The summed E-state index contributed by atoms with van der Waals surface area (Å²) in [6.45, 7) is 1.20. The summed E-state index contributed by atoms with van der Waals surface area (Å²) in [4.78, 5) is 30.4. The maximum absolute atomic E-state index is 12.9. The summed E-state index contributed by atoms with van der Waals surface area (Å²) < 4.78 is 11.1. The van der Waals surface area contributed by atoms with Crippen LogP contribution in [0, 0.1) is 0 Å². The van der Waals surface area contributed by atoms with Gasteiger partial charge in [-0.25, -0.2) is 4.98 Å². The van der Waals surface area contributed by atoms with Gasteiger partial charge in [-0.2, -0.15) is 0 Å². The molecule has 0 bridgehead atoms. The number of aromatic nitrogens is 1. The Labute approximate surface area is 145 Å². The van der Waals surface area contributed by atoms with Crippen LogP contribution in [0.3, 0.4) is 0 Å². The van der Waals surface area contributed by atoms with Crippen molar-refractivity contribution < 1.29 is 19.1 Å². The minimum atomic E-state index is -0.936. The van der Waals surface area contributed by atoms with E-state index in [-0.39, 0.29) is 25.5 Å². The lowest BCUT2D eigenvalue weighted by atomic mass is 9.99. The Hall–Kier alpha value is -2.51. The van der Waals surface area contributed by atoms with Gasteiger partial charge in [0.1, 0.15) is 11.3 Å². The van der Waals surface area contributed by atoms with Gasteiger partial charge >= 0.3 is 0 Å². The van der Waals surface area contributed by atoms with Crippen LogP contribution < -0.4 is 5.73 Å². The molecule has 2 heterocycles. The van der Waals surface area contributed by atoms with Crippen LogP contribution in [0.4, 0.5) is 0 Å². The Kier molecular flexibility index (Phi) is 4.96. The zero-order chi connectivity index (χ0) is 17.9. The Morgan fingerprint density at radius 2 is 2.12 bits per heavy atom. The third-order valence-electron chi connectivity index (χ3n) is 4.38. The summed E-state index contributed by atoms with van der Waals surface area (Å²) in [7, 11) is 1.49. The first kappa shape index (κ1) is 17.3. The van der Waals surface area contributed by atoms with E-state index in [1.54, 1.807) is 11.0 Å². The average molecular weight is 343 g/mol. The van der Waals surface area contributed by atoms with E-state index in [0.717, 1.165) is 10.9 Å². The average Bonchev–Trinajstić information content (AvgIpc) is 2.83. The summed E-state index contributed by atoms with van der Waals surface area (Å²) in [5.74, 6) is -0.717. The van der Waals surface area contributed by atoms with Crippen LogP contribution in [0.2, 0.25) is 0 Å². The third-order valence-corrected chi connectivity index (χ3v) is 4.38. The molecular weight excluding hydrogens is 322 g/mol. The number of fused-ring (bicyclic) bond motifs is 1. The van der Waals surface area contributed by atoms with Gasteiger partial charge in [0.25, 0.3) is 5.91 Å². The number of ether oxygens (including phenoxy) is 2. The summed E-state index contributed by atoms with van der Waals surface area (Å²) in [6, 6.07) is 11.2. The highest BCUT2D eigenvalue weighted by atomic mass is 16.5. The summed E-state index contributed by atoms with van der Waals surface area (Å²) >= 11 is 0. The van der Waals surface area contributed by atoms with E-state index in [2.05, 4.69) is 4.98 Å². The monoisotopic (exact) mass is 343 g/mol. The maximum Gasteiger partial charge on any atom is 0.272 e. The molecule has 25 heavy (non-hydrogen) atoms. The van der Waals surface area contributed by atoms with E-state index >= 15 is 0 Å². The quantitative estimate of drug-likeness (QED) is 0.892. The fourth-order valence-corrected chi connectivity index (χ4v) is 3.05. The number of amides is 2. The third kappa shape index (κ3) is 3.78. The number of benzene rings is 1. The molecule has 1 aliphatic rings. The molecule has 7 heteroatoms. The standard InChI is InChI=1S/C18H21N3O4/c1-24-18(10-16(19)22)11-21(8-9-25-12-18)17(23)15-7-6-13-4-2-3-5-14(13)20-15/h2-7H,8-12H2,1H3,(H2,19,22)/t18-/m0/s1. The molecule has 1 saturated heterocycles. The van der Waals surface area contributed by atoms with E-state index in [1.807, 2.05) is 30.3 Å². The second-order valence-corrected chi connectivity index (χ2v) is 6.20. The van der Waals surface area contributed by atoms with Gasteiger partial charge in [0.05, 0.1) is 31.7 Å². The lowest BCUT2D eigenvalue weighted by Gasteiger charge is -2.33. The van der Waals surface area contributed by atoms with Gasteiger partial charge in [-0.3, -0.25) is 9.59 Å². The number of primary amides is 1. The van der Waals surface area contributed by atoms with Crippen molar-refractivity contribution in [3.05, 3.63) is 42.1 Å². The van der Waals surface area contributed by atoms with Gasteiger partial charge in [-0.05, 0) is 12.1 Å². The summed E-state index contributed by atoms with van der Waals surface area (Å²) in [5.41, 5.74) is 5.51. The van der Waals surface area contributed by atoms with Crippen molar-refractivity contribution in [1.29, 1.82) is 0 Å². The molecule has 132 valence electrons. The first-order valence-corrected chi connectivity index (χ1v) is 8.09. The second-order valence-electron chi connectivity index (χ2n) is 6.20. The van der Waals surface area contributed by atoms with Gasteiger partial charge in [-0.15, -0.1) is 0 Å². The molecule has 1 fully saturated rings. The number of carbonyl (C=O) groups is 2.